The summed E-state index contributed by atoms with van der Waals surface area (Å²) in [6.07, 6.45) is 2.99. The van der Waals surface area contributed by atoms with Crippen LogP contribution < -0.4 is 11.1 Å². The predicted octanol–water partition coefficient (Wildman–Crippen LogP) is 4.62. The molecule has 194 valence electrons. The summed E-state index contributed by atoms with van der Waals surface area (Å²) < 4.78 is 2.55. The Morgan fingerprint density at radius 1 is 1.00 bits per heavy atom. The molecule has 1 aliphatic carbocycles. The first-order valence-electron chi connectivity index (χ1n) is 12.8. The van der Waals surface area contributed by atoms with E-state index in [4.69, 9.17) is 5.73 Å². The molecule has 1 aliphatic heterocycles. The summed E-state index contributed by atoms with van der Waals surface area (Å²) in [7, 11) is 0. The molecule has 2 amide bonds. The summed E-state index contributed by atoms with van der Waals surface area (Å²) >= 11 is 3.34. The molecule has 9 nitrogen and oxygen atoms in total. The zero-order valence-corrected chi connectivity index (χ0v) is 22.4. The highest BCUT2D eigenvalue weighted by molar-refractivity contribution is 9.10. The topological polar surface area (TPSA) is 119 Å². The first kappa shape index (κ1) is 23.8. The number of pyridine rings is 1. The first-order chi connectivity index (χ1) is 19.0. The van der Waals surface area contributed by atoms with E-state index in [1.54, 1.807) is 17.0 Å². The Morgan fingerprint density at radius 2 is 1.82 bits per heavy atom. The number of nitrogens with two attached hydrogens (primary N) is 1. The van der Waals surface area contributed by atoms with Crippen LogP contribution in [0.3, 0.4) is 0 Å². The maximum Gasteiger partial charge on any atom is 0.248 e. The quantitative estimate of drug-likeness (QED) is 0.292. The van der Waals surface area contributed by atoms with Crippen LogP contribution in [0.4, 0.5) is 11.6 Å². The summed E-state index contributed by atoms with van der Waals surface area (Å²) in [4.78, 5) is 42.2. The Kier molecular flexibility index (Phi) is 5.59. The third-order valence-corrected chi connectivity index (χ3v) is 8.17. The molecule has 39 heavy (non-hydrogen) atoms. The molecule has 3 atom stereocenters. The monoisotopic (exact) mass is 581 g/mol. The Morgan fingerprint density at radius 3 is 2.64 bits per heavy atom. The maximum absolute atomic E-state index is 14.0. The van der Waals surface area contributed by atoms with Crippen LogP contribution >= 0.6 is 15.9 Å². The molecule has 1 saturated heterocycles. The number of nitrogens with one attached hydrogen (secondary N) is 1. The molecule has 2 aliphatic rings. The van der Waals surface area contributed by atoms with E-state index in [1.807, 2.05) is 59.2 Å². The Hall–Kier alpha value is -4.31. The van der Waals surface area contributed by atoms with Gasteiger partial charge in [0.15, 0.2) is 0 Å². The van der Waals surface area contributed by atoms with E-state index >= 15 is 0 Å². The number of benzene rings is 2. The third-order valence-electron chi connectivity index (χ3n) is 7.73. The van der Waals surface area contributed by atoms with Gasteiger partial charge in [-0.15, -0.1) is 0 Å². The number of aromatic nitrogens is 4. The van der Waals surface area contributed by atoms with Crippen molar-refractivity contribution in [3.05, 3.63) is 77.7 Å². The Bertz CT molecular complexity index is 1770. The summed E-state index contributed by atoms with van der Waals surface area (Å²) in [6, 6.07) is 20.9. The van der Waals surface area contributed by atoms with E-state index in [2.05, 4.69) is 36.2 Å². The summed E-state index contributed by atoms with van der Waals surface area (Å²) in [6.45, 7) is 0.0302. The second-order valence-electron chi connectivity index (χ2n) is 10.1. The van der Waals surface area contributed by atoms with E-state index in [9.17, 15) is 9.59 Å². The van der Waals surface area contributed by atoms with Gasteiger partial charge in [-0.3, -0.25) is 9.59 Å². The van der Waals surface area contributed by atoms with Crippen molar-refractivity contribution in [3.8, 4) is 11.1 Å². The number of anilines is 2. The van der Waals surface area contributed by atoms with E-state index in [1.165, 1.54) is 6.33 Å². The lowest BCUT2D eigenvalue weighted by atomic mass is 10.0. The van der Waals surface area contributed by atoms with Crippen LogP contribution in [0.5, 0.6) is 0 Å². The van der Waals surface area contributed by atoms with Crippen molar-refractivity contribution < 1.29 is 9.59 Å². The zero-order valence-electron chi connectivity index (χ0n) is 20.8. The molecule has 2 aromatic carbocycles. The van der Waals surface area contributed by atoms with Gasteiger partial charge in [0.2, 0.25) is 11.8 Å². The number of halogens is 1. The average molecular weight is 582 g/mol. The number of carbonyl (C=O) groups is 2. The van der Waals surface area contributed by atoms with Crippen LogP contribution in [0.2, 0.25) is 0 Å². The molecular weight excluding hydrogens is 558 g/mol. The van der Waals surface area contributed by atoms with Crippen molar-refractivity contribution in [3.63, 3.8) is 0 Å². The first-order valence-corrected chi connectivity index (χ1v) is 13.6. The van der Waals surface area contributed by atoms with Crippen molar-refractivity contribution in [2.45, 2.75) is 31.5 Å². The molecule has 7 rings (SSSR count). The largest absolute Gasteiger partial charge is 0.383 e. The summed E-state index contributed by atoms with van der Waals surface area (Å²) in [5.74, 6) is 0.810. The molecule has 0 spiro atoms. The average Bonchev–Trinajstić information content (AvgIpc) is 3.48. The van der Waals surface area contributed by atoms with Gasteiger partial charge in [0.05, 0.1) is 10.9 Å². The molecule has 2 fully saturated rings. The lowest BCUT2D eigenvalue weighted by Crippen LogP contribution is -2.46. The molecule has 5 aromatic rings. The molecule has 4 heterocycles. The number of hydrogen-bond donors (Lipinski definition) is 2. The number of carbonyl (C=O) groups excluding carboxylic acids is 2. The van der Waals surface area contributed by atoms with E-state index in [0.717, 1.165) is 33.8 Å². The van der Waals surface area contributed by atoms with Gasteiger partial charge in [-0.05, 0) is 52.4 Å². The van der Waals surface area contributed by atoms with Crippen LogP contribution in [0.25, 0.3) is 33.1 Å². The van der Waals surface area contributed by atoms with Gasteiger partial charge in [-0.2, -0.15) is 0 Å². The number of likely N-dealkylation sites (tertiary alicyclic amines) is 1. The van der Waals surface area contributed by atoms with Crippen LogP contribution in [0.15, 0.2) is 77.7 Å². The van der Waals surface area contributed by atoms with Crippen LogP contribution in [0, 0.1) is 5.92 Å². The lowest BCUT2D eigenvalue weighted by Gasteiger charge is -2.27. The minimum atomic E-state index is -0.552. The Labute approximate surface area is 232 Å². The standard InChI is InChI=1S/C29H24BrN7O2/c30-22-10-5-11-23(34-22)35-29(39)21-13-17-12-20(17)37(21)24(38)14-36-26-18(16-6-2-1-3-7-16)8-4-9-19(26)25-27(31)32-15-33-28(25)36/h1-11,15,17,20-21H,12-14H2,(H2,31,32,33)(H,34,35,39)/t17?,20-,21+/m1/s1. The molecule has 10 heteroatoms. The van der Waals surface area contributed by atoms with Gasteiger partial charge in [-0.25, -0.2) is 15.0 Å². The van der Waals surface area contributed by atoms with Crippen molar-refractivity contribution in [1.29, 1.82) is 0 Å². The number of nitrogens with zero attached hydrogens (tertiary/aromatic N) is 5. The molecular formula is C29H24BrN7O2. The number of amides is 2. The SMILES string of the molecule is Nc1ncnc2c1c1cccc(-c3ccccc3)c1n2CC(=O)N1[C@@H]2CC2C[C@H]1C(=O)Nc1cccc(Br)n1. The summed E-state index contributed by atoms with van der Waals surface area (Å²) in [5.41, 5.74) is 9.79. The van der Waals surface area contributed by atoms with Gasteiger partial charge in [-0.1, -0.05) is 54.6 Å². The second-order valence-corrected chi connectivity index (χ2v) is 10.9. The smallest absolute Gasteiger partial charge is 0.248 e. The van der Waals surface area contributed by atoms with Gasteiger partial charge in [0.25, 0.3) is 0 Å². The number of rotatable bonds is 5. The van der Waals surface area contributed by atoms with Gasteiger partial charge in [0.1, 0.15) is 40.8 Å². The molecule has 1 saturated carbocycles. The number of fused-ring (bicyclic) bond motifs is 4. The number of piperidine rings is 1. The highest BCUT2D eigenvalue weighted by Crippen LogP contribution is 2.48. The zero-order chi connectivity index (χ0) is 26.7. The van der Waals surface area contributed by atoms with Gasteiger partial charge in [0, 0.05) is 17.0 Å². The molecule has 3 aromatic heterocycles. The second kappa shape index (κ2) is 9.16. The van der Waals surface area contributed by atoms with Crippen LogP contribution in [0.1, 0.15) is 12.8 Å². The van der Waals surface area contributed by atoms with Gasteiger partial charge >= 0.3 is 0 Å². The van der Waals surface area contributed by atoms with Crippen LogP contribution in [-0.2, 0) is 16.1 Å². The number of hydrogen-bond acceptors (Lipinski definition) is 6. The van der Waals surface area contributed by atoms with E-state index in [0.29, 0.717) is 34.2 Å². The number of nitrogen functional groups attached to an aromatic ring is 1. The third kappa shape index (κ3) is 4.02. The normalized spacial score (nSPS) is 19.8. The minimum absolute atomic E-state index is 0.0302. The Balaban J connectivity index is 1.28. The molecule has 1 unspecified atom stereocenters. The van der Waals surface area contributed by atoms with Crippen molar-refractivity contribution in [1.82, 2.24) is 24.4 Å². The molecule has 0 radical (unpaired) electrons. The lowest BCUT2D eigenvalue weighted by molar-refractivity contribution is -0.138. The van der Waals surface area contributed by atoms with Crippen molar-refractivity contribution in [2.24, 2.45) is 5.92 Å². The summed E-state index contributed by atoms with van der Waals surface area (Å²) in [5, 5.41) is 4.50. The fourth-order valence-corrected chi connectivity index (χ4v) is 6.30. The van der Waals surface area contributed by atoms with Gasteiger partial charge < -0.3 is 20.5 Å². The van der Waals surface area contributed by atoms with Crippen molar-refractivity contribution >= 4 is 61.3 Å². The van der Waals surface area contributed by atoms with Crippen molar-refractivity contribution in [2.75, 3.05) is 11.1 Å². The van der Waals surface area contributed by atoms with E-state index < -0.39 is 6.04 Å². The molecule has 3 N–H and O–H groups in total. The highest BCUT2D eigenvalue weighted by atomic mass is 79.9. The fraction of sp³-hybridized carbons (Fsp3) is 0.207. The molecule has 0 bridgehead atoms. The highest BCUT2D eigenvalue weighted by Gasteiger charge is 2.56. The fourth-order valence-electron chi connectivity index (χ4n) is 5.95. The maximum atomic E-state index is 14.0. The van der Waals surface area contributed by atoms with Crippen LogP contribution in [-0.4, -0.2) is 48.3 Å². The predicted molar refractivity (Wildman–Crippen MR) is 153 cm³/mol. The van der Waals surface area contributed by atoms with E-state index in [-0.39, 0.29) is 24.4 Å². The number of para-hydroxylation sites is 1. The minimum Gasteiger partial charge on any atom is -0.383 e.